The Hall–Kier alpha value is -2.13. The Morgan fingerprint density at radius 3 is 2.56 bits per heavy atom. The highest BCUT2D eigenvalue weighted by molar-refractivity contribution is 5.86. The molecule has 5 nitrogen and oxygen atoms in total. The quantitative estimate of drug-likeness (QED) is 0.645. The number of nitrogens with zero attached hydrogens (tertiary/aromatic N) is 1. The Labute approximate surface area is 106 Å². The number of aryl methyl sites for hydroxylation is 1. The Kier molecular flexibility index (Phi) is 4.23. The minimum atomic E-state index is -0.542. The van der Waals surface area contributed by atoms with Crippen LogP contribution >= 0.6 is 0 Å². The maximum atomic E-state index is 11.6. The largest absolute Gasteiger partial charge is 0.444 e. The van der Waals surface area contributed by atoms with Gasteiger partial charge in [-0.05, 0) is 51.5 Å². The van der Waals surface area contributed by atoms with Gasteiger partial charge in [-0.2, -0.15) is 4.99 Å². The number of ether oxygens (including phenoxy) is 1. The molecule has 18 heavy (non-hydrogen) atoms. The van der Waals surface area contributed by atoms with Crippen molar-refractivity contribution < 1.29 is 14.3 Å². The molecule has 0 bridgehead atoms. The van der Waals surface area contributed by atoms with E-state index in [1.54, 1.807) is 45.9 Å². The van der Waals surface area contributed by atoms with Crippen LogP contribution in [-0.2, 0) is 9.53 Å². The van der Waals surface area contributed by atoms with Crippen molar-refractivity contribution in [1.82, 2.24) is 0 Å². The molecule has 5 heteroatoms. The Balaban J connectivity index is 2.80. The zero-order valence-corrected chi connectivity index (χ0v) is 10.9. The van der Waals surface area contributed by atoms with E-state index in [4.69, 9.17) is 4.74 Å². The SMILES string of the molecule is Cc1cc(N=C=O)ccc1NC(=O)OC(C)(C)C. The molecule has 96 valence electrons. The first-order chi connectivity index (χ1) is 8.31. The summed E-state index contributed by atoms with van der Waals surface area (Å²) < 4.78 is 5.14. The van der Waals surface area contributed by atoms with Crippen molar-refractivity contribution in [3.05, 3.63) is 23.8 Å². The number of benzene rings is 1. The maximum absolute atomic E-state index is 11.6. The molecule has 0 saturated carbocycles. The van der Waals surface area contributed by atoms with E-state index in [9.17, 15) is 9.59 Å². The number of rotatable bonds is 2. The third-order valence-electron chi connectivity index (χ3n) is 2.02. The van der Waals surface area contributed by atoms with Crippen LogP contribution in [0, 0.1) is 6.92 Å². The van der Waals surface area contributed by atoms with Gasteiger partial charge in [0.15, 0.2) is 0 Å². The lowest BCUT2D eigenvalue weighted by Crippen LogP contribution is -2.27. The molecule has 0 aromatic heterocycles. The lowest BCUT2D eigenvalue weighted by Gasteiger charge is -2.20. The molecule has 1 rings (SSSR count). The van der Waals surface area contributed by atoms with Crippen molar-refractivity contribution in [3.8, 4) is 0 Å². The molecule has 1 aromatic carbocycles. The molecule has 1 amide bonds. The lowest BCUT2D eigenvalue weighted by molar-refractivity contribution is 0.0636. The van der Waals surface area contributed by atoms with Crippen molar-refractivity contribution >= 4 is 23.5 Å². The molecule has 0 fully saturated rings. The first kappa shape index (κ1) is 13.9. The Bertz CT molecular complexity index is 497. The van der Waals surface area contributed by atoms with Crippen molar-refractivity contribution in [2.24, 2.45) is 4.99 Å². The lowest BCUT2D eigenvalue weighted by atomic mass is 10.2. The molecule has 1 aromatic rings. The standard InChI is InChI=1S/C13H16N2O3/c1-9-7-10(14-8-16)5-6-11(9)15-12(17)18-13(2,3)4/h5-7H,1-4H3,(H,15,17). The van der Waals surface area contributed by atoms with Crippen molar-refractivity contribution in [1.29, 1.82) is 0 Å². The zero-order chi connectivity index (χ0) is 13.8. The molecular weight excluding hydrogens is 232 g/mol. The van der Waals surface area contributed by atoms with Crippen molar-refractivity contribution in [3.63, 3.8) is 0 Å². The zero-order valence-electron chi connectivity index (χ0n) is 10.9. The van der Waals surface area contributed by atoms with Gasteiger partial charge in [0.2, 0.25) is 6.08 Å². The summed E-state index contributed by atoms with van der Waals surface area (Å²) in [5.74, 6) is 0. The average Bonchev–Trinajstić information content (AvgIpc) is 2.20. The van der Waals surface area contributed by atoms with Crippen molar-refractivity contribution in [2.45, 2.75) is 33.3 Å². The van der Waals surface area contributed by atoms with Gasteiger partial charge in [0.1, 0.15) is 5.60 Å². The summed E-state index contributed by atoms with van der Waals surface area (Å²) in [6, 6.07) is 4.96. The van der Waals surface area contributed by atoms with E-state index in [1.807, 2.05) is 0 Å². The van der Waals surface area contributed by atoms with Crippen LogP contribution in [0.3, 0.4) is 0 Å². The van der Waals surface area contributed by atoms with Gasteiger partial charge in [-0.15, -0.1) is 0 Å². The average molecular weight is 248 g/mol. The predicted octanol–water partition coefficient (Wildman–Crippen LogP) is 3.31. The van der Waals surface area contributed by atoms with E-state index in [0.717, 1.165) is 5.56 Å². The van der Waals surface area contributed by atoms with Gasteiger partial charge in [0, 0.05) is 5.69 Å². The van der Waals surface area contributed by atoms with Crippen LogP contribution in [0.2, 0.25) is 0 Å². The number of carbonyl (C=O) groups is 1. The van der Waals surface area contributed by atoms with E-state index in [-0.39, 0.29) is 0 Å². The number of anilines is 1. The minimum absolute atomic E-state index is 0.497. The van der Waals surface area contributed by atoms with Crippen LogP contribution in [0.1, 0.15) is 26.3 Å². The molecule has 0 radical (unpaired) electrons. The number of hydrogen-bond acceptors (Lipinski definition) is 4. The monoisotopic (exact) mass is 248 g/mol. The highest BCUT2D eigenvalue weighted by Crippen LogP contribution is 2.22. The number of hydrogen-bond donors (Lipinski definition) is 1. The molecule has 0 aliphatic heterocycles. The minimum Gasteiger partial charge on any atom is -0.444 e. The summed E-state index contributed by atoms with van der Waals surface area (Å²) in [6.07, 6.45) is 0.949. The molecule has 0 spiro atoms. The van der Waals surface area contributed by atoms with Gasteiger partial charge >= 0.3 is 6.09 Å². The fraction of sp³-hybridized carbons (Fsp3) is 0.385. The van der Waals surface area contributed by atoms with Crippen LogP contribution in [0.15, 0.2) is 23.2 Å². The summed E-state index contributed by atoms with van der Waals surface area (Å²) in [4.78, 5) is 25.2. The molecule has 0 aliphatic carbocycles. The first-order valence-electron chi connectivity index (χ1n) is 5.50. The van der Waals surface area contributed by atoms with Gasteiger partial charge in [-0.25, -0.2) is 9.59 Å². The van der Waals surface area contributed by atoms with E-state index in [2.05, 4.69) is 10.3 Å². The Morgan fingerprint density at radius 1 is 1.39 bits per heavy atom. The second-order valence-corrected chi connectivity index (χ2v) is 4.83. The molecule has 0 unspecified atom stereocenters. The summed E-state index contributed by atoms with van der Waals surface area (Å²) >= 11 is 0. The van der Waals surface area contributed by atoms with Crippen LogP contribution in [0.4, 0.5) is 16.2 Å². The third-order valence-corrected chi connectivity index (χ3v) is 2.02. The third kappa shape index (κ3) is 4.39. The summed E-state index contributed by atoms with van der Waals surface area (Å²) in [7, 11) is 0. The number of aliphatic imine (C=N–C) groups is 1. The van der Waals surface area contributed by atoms with Crippen molar-refractivity contribution in [2.75, 3.05) is 5.32 Å². The fourth-order valence-electron chi connectivity index (χ4n) is 1.32. The smallest absolute Gasteiger partial charge is 0.412 e. The topological polar surface area (TPSA) is 67.8 Å². The van der Waals surface area contributed by atoms with Crippen LogP contribution < -0.4 is 5.32 Å². The number of amides is 1. The van der Waals surface area contributed by atoms with Crippen LogP contribution in [-0.4, -0.2) is 17.8 Å². The highest BCUT2D eigenvalue weighted by atomic mass is 16.6. The fourth-order valence-corrected chi connectivity index (χ4v) is 1.32. The van der Waals surface area contributed by atoms with Gasteiger partial charge in [0.05, 0.1) is 5.69 Å². The molecule has 0 saturated heterocycles. The van der Waals surface area contributed by atoms with Crippen LogP contribution in [0.25, 0.3) is 0 Å². The van der Waals surface area contributed by atoms with Gasteiger partial charge in [-0.3, -0.25) is 5.32 Å². The predicted molar refractivity (Wildman–Crippen MR) is 68.8 cm³/mol. The van der Waals surface area contributed by atoms with E-state index in [1.165, 1.54) is 6.08 Å². The molecular formula is C13H16N2O3. The number of carbonyl (C=O) groups excluding carboxylic acids is 2. The second kappa shape index (κ2) is 5.47. The first-order valence-corrected chi connectivity index (χ1v) is 5.50. The molecule has 1 N–H and O–H groups in total. The van der Waals surface area contributed by atoms with E-state index in [0.29, 0.717) is 11.4 Å². The maximum Gasteiger partial charge on any atom is 0.412 e. The summed E-state index contributed by atoms with van der Waals surface area (Å²) in [5, 5.41) is 2.63. The van der Waals surface area contributed by atoms with E-state index < -0.39 is 11.7 Å². The van der Waals surface area contributed by atoms with E-state index >= 15 is 0 Å². The second-order valence-electron chi connectivity index (χ2n) is 4.83. The highest BCUT2D eigenvalue weighted by Gasteiger charge is 2.16. The van der Waals surface area contributed by atoms with Crippen LogP contribution in [0.5, 0.6) is 0 Å². The molecule has 0 atom stereocenters. The van der Waals surface area contributed by atoms with Gasteiger partial charge in [0.25, 0.3) is 0 Å². The number of isocyanates is 1. The Morgan fingerprint density at radius 2 is 2.06 bits per heavy atom. The summed E-state index contributed by atoms with van der Waals surface area (Å²) in [6.45, 7) is 7.18. The number of nitrogens with one attached hydrogen (secondary N) is 1. The molecule has 0 heterocycles. The van der Waals surface area contributed by atoms with Gasteiger partial charge < -0.3 is 4.74 Å². The normalized spacial score (nSPS) is 10.4. The molecule has 0 aliphatic rings. The summed E-state index contributed by atoms with van der Waals surface area (Å²) in [5.41, 5.74) is 1.36. The van der Waals surface area contributed by atoms with Gasteiger partial charge in [-0.1, -0.05) is 0 Å².